The molecule has 0 amide bonds. The molecule has 2 aromatic carbocycles. The van der Waals surface area contributed by atoms with Crippen molar-refractivity contribution in [3.63, 3.8) is 0 Å². The minimum atomic E-state index is -3.83. The maximum atomic E-state index is 12.4. The molecule has 1 N–H and O–H groups in total. The van der Waals surface area contributed by atoms with Crippen LogP contribution in [0.15, 0.2) is 41.3 Å². The summed E-state index contributed by atoms with van der Waals surface area (Å²) in [4.78, 5) is 24.5. The lowest BCUT2D eigenvalue weighted by Crippen LogP contribution is -2.20. The molecule has 8 heteroatoms. The van der Waals surface area contributed by atoms with E-state index in [4.69, 9.17) is 9.47 Å². The molecular formula is C20H21NO6S. The lowest BCUT2D eigenvalue weighted by Gasteiger charge is -2.11. The van der Waals surface area contributed by atoms with Gasteiger partial charge in [0, 0.05) is 5.56 Å². The first-order chi connectivity index (χ1) is 13.4. The first-order valence-corrected chi connectivity index (χ1v) is 10.3. The number of esters is 1. The number of fused-ring (bicyclic) bond motifs is 1. The predicted molar refractivity (Wildman–Crippen MR) is 102 cm³/mol. The van der Waals surface area contributed by atoms with Gasteiger partial charge in [-0.3, -0.25) is 4.79 Å². The zero-order chi connectivity index (χ0) is 20.3. The Morgan fingerprint density at radius 2 is 1.75 bits per heavy atom. The first-order valence-electron chi connectivity index (χ1n) is 8.79. The average Bonchev–Trinajstić information content (AvgIpc) is 3.19. The molecule has 0 spiro atoms. The number of carbonyl (C=O) groups excluding carboxylic acids is 2. The van der Waals surface area contributed by atoms with Gasteiger partial charge in [-0.05, 0) is 61.7 Å². The van der Waals surface area contributed by atoms with Crippen molar-refractivity contribution in [2.75, 3.05) is 20.8 Å². The summed E-state index contributed by atoms with van der Waals surface area (Å²) in [6, 6.07) is 9.44. The maximum Gasteiger partial charge on any atom is 0.338 e. The lowest BCUT2D eigenvalue weighted by atomic mass is 10.0. The number of nitrogens with one attached hydrogen (secondary N) is 1. The van der Waals surface area contributed by atoms with Crippen LogP contribution in [0.1, 0.15) is 38.3 Å². The van der Waals surface area contributed by atoms with Crippen molar-refractivity contribution < 1.29 is 27.5 Å². The number of ether oxygens (including phenoxy) is 2. The first kappa shape index (κ1) is 20.0. The third-order valence-corrected chi connectivity index (χ3v) is 6.15. The van der Waals surface area contributed by atoms with Gasteiger partial charge in [0.15, 0.2) is 12.4 Å². The highest BCUT2D eigenvalue weighted by Gasteiger charge is 2.21. The van der Waals surface area contributed by atoms with E-state index in [1.165, 1.54) is 31.9 Å². The van der Waals surface area contributed by atoms with Crippen molar-refractivity contribution in [2.45, 2.75) is 24.2 Å². The summed E-state index contributed by atoms with van der Waals surface area (Å²) in [5, 5.41) is 0. The summed E-state index contributed by atoms with van der Waals surface area (Å²) in [7, 11) is -1.24. The van der Waals surface area contributed by atoms with E-state index in [-0.39, 0.29) is 22.0 Å². The average molecular weight is 403 g/mol. The maximum absolute atomic E-state index is 12.4. The molecule has 1 aliphatic carbocycles. The standard InChI is InChI=1S/C20H21NO6S/c1-21-28(24,25)19-11-16(8-9-18(19)26-2)20(23)27-12-17(22)15-7-6-13-4-3-5-14(13)10-15/h6-11,21H,3-5,12H2,1-2H3. The van der Waals surface area contributed by atoms with Crippen LogP contribution in [0.4, 0.5) is 0 Å². The number of sulfonamides is 1. The number of carbonyl (C=O) groups is 2. The predicted octanol–water partition coefficient (Wildman–Crippen LogP) is 2.13. The zero-order valence-corrected chi connectivity index (χ0v) is 16.5. The van der Waals surface area contributed by atoms with Crippen LogP contribution in [0, 0.1) is 0 Å². The minimum absolute atomic E-state index is 0.0105. The van der Waals surface area contributed by atoms with Crippen LogP contribution >= 0.6 is 0 Å². The van der Waals surface area contributed by atoms with Crippen molar-refractivity contribution in [3.05, 3.63) is 58.7 Å². The van der Waals surface area contributed by atoms with Crippen molar-refractivity contribution in [2.24, 2.45) is 0 Å². The summed E-state index contributed by atoms with van der Waals surface area (Å²) in [5.41, 5.74) is 2.93. The fourth-order valence-electron chi connectivity index (χ4n) is 3.17. The second-order valence-electron chi connectivity index (χ2n) is 6.41. The van der Waals surface area contributed by atoms with Crippen molar-refractivity contribution >= 4 is 21.8 Å². The number of benzene rings is 2. The number of methoxy groups -OCH3 is 1. The second-order valence-corrected chi connectivity index (χ2v) is 8.26. The fourth-order valence-corrected chi connectivity index (χ4v) is 4.08. The van der Waals surface area contributed by atoms with Crippen molar-refractivity contribution in [1.29, 1.82) is 0 Å². The topological polar surface area (TPSA) is 98.8 Å². The molecule has 7 nitrogen and oxygen atoms in total. The van der Waals surface area contributed by atoms with Crippen LogP contribution in [-0.2, 0) is 27.6 Å². The Morgan fingerprint density at radius 3 is 2.46 bits per heavy atom. The highest BCUT2D eigenvalue weighted by Crippen LogP contribution is 2.25. The Morgan fingerprint density at radius 1 is 1.04 bits per heavy atom. The summed E-state index contributed by atoms with van der Waals surface area (Å²) < 4.78 is 36.5. The monoisotopic (exact) mass is 403 g/mol. The van der Waals surface area contributed by atoms with E-state index in [0.717, 1.165) is 30.9 Å². The summed E-state index contributed by atoms with van der Waals surface area (Å²) in [6.07, 6.45) is 3.05. The normalized spacial score (nSPS) is 13.1. The van der Waals surface area contributed by atoms with Crippen molar-refractivity contribution in [1.82, 2.24) is 4.72 Å². The summed E-state index contributed by atoms with van der Waals surface area (Å²) in [5.74, 6) is -0.996. The van der Waals surface area contributed by atoms with E-state index in [2.05, 4.69) is 4.72 Å². The third kappa shape index (κ3) is 4.07. The molecule has 0 aromatic heterocycles. The van der Waals surface area contributed by atoms with E-state index in [0.29, 0.717) is 5.56 Å². The van der Waals surface area contributed by atoms with Gasteiger partial charge < -0.3 is 9.47 Å². The molecule has 148 valence electrons. The van der Waals surface area contributed by atoms with Gasteiger partial charge in [0.05, 0.1) is 12.7 Å². The molecule has 0 atom stereocenters. The number of ketones is 1. The van der Waals surface area contributed by atoms with E-state index in [1.54, 1.807) is 6.07 Å². The highest BCUT2D eigenvalue weighted by molar-refractivity contribution is 7.89. The summed E-state index contributed by atoms with van der Waals surface area (Å²) >= 11 is 0. The van der Waals surface area contributed by atoms with E-state index in [9.17, 15) is 18.0 Å². The molecule has 0 fully saturated rings. The van der Waals surface area contributed by atoms with Crippen LogP contribution in [0.2, 0.25) is 0 Å². The highest BCUT2D eigenvalue weighted by atomic mass is 32.2. The number of rotatable bonds is 7. The number of Topliss-reactive ketones (excluding diaryl/α,β-unsaturated/α-hetero) is 1. The van der Waals surface area contributed by atoms with Gasteiger partial charge >= 0.3 is 5.97 Å². The second kappa shape index (κ2) is 8.12. The molecule has 3 rings (SSSR count). The molecule has 1 aliphatic rings. The van der Waals surface area contributed by atoms with Gasteiger partial charge in [-0.15, -0.1) is 0 Å². The molecule has 28 heavy (non-hydrogen) atoms. The Hall–Kier alpha value is -2.71. The number of hydrogen-bond donors (Lipinski definition) is 1. The molecule has 0 heterocycles. The molecule has 0 unspecified atom stereocenters. The van der Waals surface area contributed by atoms with Gasteiger partial charge in [-0.1, -0.05) is 12.1 Å². The smallest absolute Gasteiger partial charge is 0.338 e. The molecule has 0 aliphatic heterocycles. The lowest BCUT2D eigenvalue weighted by molar-refractivity contribution is 0.0474. The van der Waals surface area contributed by atoms with Gasteiger partial charge in [0.2, 0.25) is 10.0 Å². The Kier molecular flexibility index (Phi) is 5.81. The number of aryl methyl sites for hydroxylation is 2. The van der Waals surface area contributed by atoms with Crippen molar-refractivity contribution in [3.8, 4) is 5.75 Å². The summed E-state index contributed by atoms with van der Waals surface area (Å²) in [6.45, 7) is -0.419. The van der Waals surface area contributed by atoms with Crippen LogP contribution in [0.25, 0.3) is 0 Å². The van der Waals surface area contributed by atoms with Gasteiger partial charge in [-0.25, -0.2) is 17.9 Å². The number of hydrogen-bond acceptors (Lipinski definition) is 6. The molecular weight excluding hydrogens is 382 g/mol. The largest absolute Gasteiger partial charge is 0.495 e. The van der Waals surface area contributed by atoms with E-state index in [1.807, 2.05) is 12.1 Å². The Balaban J connectivity index is 1.73. The molecule has 0 saturated heterocycles. The Labute approximate surface area is 163 Å². The Bertz CT molecular complexity index is 1030. The van der Waals surface area contributed by atoms with E-state index >= 15 is 0 Å². The zero-order valence-electron chi connectivity index (χ0n) is 15.7. The molecule has 2 aromatic rings. The molecule has 0 bridgehead atoms. The fraction of sp³-hybridized carbons (Fsp3) is 0.300. The van der Waals surface area contributed by atoms with Crippen LogP contribution in [-0.4, -0.2) is 40.9 Å². The molecule has 0 saturated carbocycles. The SMILES string of the molecule is CNS(=O)(=O)c1cc(C(=O)OCC(=O)c2ccc3c(c2)CCC3)ccc1OC. The molecule has 0 radical (unpaired) electrons. The van der Waals surface area contributed by atoms with Gasteiger partial charge in [0.1, 0.15) is 10.6 Å². The van der Waals surface area contributed by atoms with Gasteiger partial charge in [-0.2, -0.15) is 0 Å². The van der Waals surface area contributed by atoms with Crippen LogP contribution in [0.5, 0.6) is 5.75 Å². The van der Waals surface area contributed by atoms with E-state index < -0.39 is 22.6 Å². The quantitative estimate of drug-likeness (QED) is 0.562. The van der Waals surface area contributed by atoms with Crippen LogP contribution < -0.4 is 9.46 Å². The van der Waals surface area contributed by atoms with Gasteiger partial charge in [0.25, 0.3) is 0 Å². The van der Waals surface area contributed by atoms with Crippen LogP contribution in [0.3, 0.4) is 0 Å². The minimum Gasteiger partial charge on any atom is -0.495 e. The third-order valence-electron chi connectivity index (χ3n) is 4.71.